The minimum Gasteiger partial charge on any atom is -0.504 e. The van der Waals surface area contributed by atoms with E-state index in [4.69, 9.17) is 4.74 Å². The zero-order chi connectivity index (χ0) is 17.0. The van der Waals surface area contributed by atoms with Gasteiger partial charge in [0.1, 0.15) is 6.10 Å². The predicted molar refractivity (Wildman–Crippen MR) is 90.8 cm³/mol. The largest absolute Gasteiger partial charge is 0.504 e. The van der Waals surface area contributed by atoms with E-state index in [1.807, 2.05) is 6.07 Å². The Balaban J connectivity index is 1.57. The van der Waals surface area contributed by atoms with E-state index in [1.54, 1.807) is 6.07 Å². The van der Waals surface area contributed by atoms with Crippen molar-refractivity contribution in [1.82, 2.24) is 4.90 Å². The van der Waals surface area contributed by atoms with Crippen LogP contribution >= 0.6 is 0 Å². The summed E-state index contributed by atoms with van der Waals surface area (Å²) in [5.74, 6) is 1.44. The van der Waals surface area contributed by atoms with Crippen LogP contribution in [0.1, 0.15) is 43.2 Å². The molecule has 3 fully saturated rings. The highest BCUT2D eigenvalue weighted by atomic mass is 16.5. The van der Waals surface area contributed by atoms with Crippen LogP contribution in [0.2, 0.25) is 0 Å². The Morgan fingerprint density at radius 3 is 2.84 bits per heavy atom. The monoisotopic (exact) mass is 343 g/mol. The van der Waals surface area contributed by atoms with Crippen LogP contribution in [0.5, 0.6) is 11.5 Å². The molecule has 2 bridgehead atoms. The summed E-state index contributed by atoms with van der Waals surface area (Å²) in [5, 5.41) is 33.1. The van der Waals surface area contributed by atoms with Crippen LogP contribution in [0.25, 0.3) is 0 Å². The van der Waals surface area contributed by atoms with Crippen molar-refractivity contribution in [3.63, 3.8) is 0 Å². The fourth-order valence-electron chi connectivity index (χ4n) is 6.46. The fraction of sp³-hybridized carbons (Fsp3) is 0.700. The molecule has 5 atom stereocenters. The standard InChI is InChI=1S/C20H25NO4/c22-13-4-3-12-9-15-20(24)6-5-14(23)18-19(20,16(12)17(13)25-18)7-8-21(15)10-11-1-2-11/h3-4,11,14-15,18,22-24H,1-2,5-10H2/t14?,15-,18?,19+,20?/m1/s1. The van der Waals surface area contributed by atoms with Crippen molar-refractivity contribution in [2.24, 2.45) is 5.92 Å². The Kier molecular flexibility index (Phi) is 2.67. The second kappa shape index (κ2) is 4.51. The van der Waals surface area contributed by atoms with Gasteiger partial charge in [0.05, 0.1) is 17.1 Å². The highest BCUT2D eigenvalue weighted by Gasteiger charge is 2.72. The van der Waals surface area contributed by atoms with Crippen LogP contribution in [0, 0.1) is 5.92 Å². The lowest BCUT2D eigenvalue weighted by atomic mass is 9.48. The molecule has 2 aliphatic heterocycles. The number of nitrogens with zero attached hydrogens (tertiary/aromatic N) is 1. The molecule has 0 aromatic heterocycles. The van der Waals surface area contributed by atoms with Gasteiger partial charge in [0.25, 0.3) is 0 Å². The summed E-state index contributed by atoms with van der Waals surface area (Å²) in [5.41, 5.74) is 0.716. The number of ether oxygens (including phenoxy) is 1. The summed E-state index contributed by atoms with van der Waals surface area (Å²) in [7, 11) is 0. The maximum Gasteiger partial charge on any atom is 0.165 e. The van der Waals surface area contributed by atoms with Crippen molar-refractivity contribution >= 4 is 0 Å². The first-order chi connectivity index (χ1) is 12.0. The third kappa shape index (κ3) is 1.61. The van der Waals surface area contributed by atoms with Crippen LogP contribution in [-0.2, 0) is 11.8 Å². The van der Waals surface area contributed by atoms with E-state index in [-0.39, 0.29) is 11.8 Å². The Labute approximate surface area is 147 Å². The first-order valence-electron chi connectivity index (χ1n) is 9.71. The molecule has 3 unspecified atom stereocenters. The van der Waals surface area contributed by atoms with Crippen LogP contribution in [0.15, 0.2) is 12.1 Å². The van der Waals surface area contributed by atoms with Gasteiger partial charge in [-0.3, -0.25) is 4.90 Å². The molecule has 5 heteroatoms. The Morgan fingerprint density at radius 1 is 1.20 bits per heavy atom. The van der Waals surface area contributed by atoms with E-state index in [0.29, 0.717) is 18.6 Å². The first-order valence-corrected chi connectivity index (χ1v) is 9.71. The van der Waals surface area contributed by atoms with Crippen LogP contribution in [0.4, 0.5) is 0 Å². The number of piperidine rings is 1. The molecule has 0 amide bonds. The number of benzene rings is 1. The molecule has 1 saturated heterocycles. The molecule has 5 aliphatic rings. The van der Waals surface area contributed by atoms with Crippen molar-refractivity contribution in [2.75, 3.05) is 13.1 Å². The second-order valence-electron chi connectivity index (χ2n) is 8.90. The van der Waals surface area contributed by atoms with Crippen molar-refractivity contribution in [3.05, 3.63) is 23.3 Å². The number of likely N-dealkylation sites (tertiary alicyclic amines) is 1. The van der Waals surface area contributed by atoms with E-state index in [2.05, 4.69) is 4.90 Å². The van der Waals surface area contributed by atoms with Gasteiger partial charge in [-0.1, -0.05) is 6.07 Å². The highest BCUT2D eigenvalue weighted by Crippen LogP contribution is 2.65. The van der Waals surface area contributed by atoms with Crippen molar-refractivity contribution < 1.29 is 20.1 Å². The number of hydrogen-bond donors (Lipinski definition) is 3. The molecule has 3 N–H and O–H groups in total. The predicted octanol–water partition coefficient (Wildman–Crippen LogP) is 1.32. The van der Waals surface area contributed by atoms with Gasteiger partial charge < -0.3 is 20.1 Å². The Hall–Kier alpha value is -1.30. The van der Waals surface area contributed by atoms with Crippen molar-refractivity contribution in [3.8, 4) is 11.5 Å². The molecule has 134 valence electrons. The quantitative estimate of drug-likeness (QED) is 0.755. The number of hydrogen-bond acceptors (Lipinski definition) is 5. The first kappa shape index (κ1) is 14.8. The summed E-state index contributed by atoms with van der Waals surface area (Å²) in [6.07, 6.45) is 4.35. The van der Waals surface area contributed by atoms with Crippen molar-refractivity contribution in [2.45, 2.75) is 67.8 Å². The lowest BCUT2D eigenvalue weighted by molar-refractivity contribution is -0.208. The Morgan fingerprint density at radius 2 is 2.04 bits per heavy atom. The topological polar surface area (TPSA) is 73.2 Å². The minimum atomic E-state index is -0.879. The zero-order valence-electron chi connectivity index (χ0n) is 14.3. The highest BCUT2D eigenvalue weighted by molar-refractivity contribution is 5.62. The summed E-state index contributed by atoms with van der Waals surface area (Å²) in [6, 6.07) is 3.79. The maximum atomic E-state index is 12.0. The summed E-state index contributed by atoms with van der Waals surface area (Å²) >= 11 is 0. The summed E-state index contributed by atoms with van der Waals surface area (Å²) < 4.78 is 6.14. The number of phenols is 1. The van der Waals surface area contributed by atoms with E-state index in [1.165, 1.54) is 18.4 Å². The molecule has 6 rings (SSSR count). The van der Waals surface area contributed by atoms with Gasteiger partial charge in [-0.05, 0) is 62.6 Å². The molecule has 0 radical (unpaired) electrons. The van der Waals surface area contributed by atoms with E-state index >= 15 is 0 Å². The Bertz CT molecular complexity index is 762. The molecule has 1 aromatic carbocycles. The molecule has 25 heavy (non-hydrogen) atoms. The van der Waals surface area contributed by atoms with Gasteiger partial charge in [-0.2, -0.15) is 0 Å². The van der Waals surface area contributed by atoms with Gasteiger partial charge in [0.2, 0.25) is 0 Å². The third-order valence-electron chi connectivity index (χ3n) is 7.73. The van der Waals surface area contributed by atoms with E-state index < -0.39 is 23.2 Å². The maximum absolute atomic E-state index is 12.0. The number of rotatable bonds is 2. The van der Waals surface area contributed by atoms with Crippen molar-refractivity contribution in [1.29, 1.82) is 0 Å². The van der Waals surface area contributed by atoms with Crippen LogP contribution in [-0.4, -0.2) is 57.2 Å². The van der Waals surface area contributed by atoms with Gasteiger partial charge >= 0.3 is 0 Å². The molecule has 2 heterocycles. The average molecular weight is 343 g/mol. The van der Waals surface area contributed by atoms with Gasteiger partial charge in [0, 0.05) is 18.2 Å². The molecule has 5 nitrogen and oxygen atoms in total. The van der Waals surface area contributed by atoms with Crippen LogP contribution < -0.4 is 4.74 Å². The molecular formula is C20H25NO4. The summed E-state index contributed by atoms with van der Waals surface area (Å²) in [4.78, 5) is 2.51. The second-order valence-corrected chi connectivity index (χ2v) is 8.90. The average Bonchev–Trinajstić information content (AvgIpc) is 3.32. The SMILES string of the molecule is Oc1ccc2c3c1OC1C(O)CCC4(O)[C@@H](C2)N(CC2CC2)CC[C@]314. The number of phenolic OH excluding ortho intramolecular Hbond substituents is 1. The lowest BCUT2D eigenvalue weighted by Gasteiger charge is -2.63. The molecule has 2 saturated carbocycles. The third-order valence-corrected chi connectivity index (χ3v) is 7.73. The zero-order valence-corrected chi connectivity index (χ0v) is 14.3. The number of aromatic hydroxyl groups is 1. The van der Waals surface area contributed by atoms with Gasteiger partial charge in [0.15, 0.2) is 11.5 Å². The van der Waals surface area contributed by atoms with Gasteiger partial charge in [-0.25, -0.2) is 0 Å². The summed E-state index contributed by atoms with van der Waals surface area (Å²) in [6.45, 7) is 2.02. The molecular weight excluding hydrogens is 318 g/mol. The van der Waals surface area contributed by atoms with E-state index in [0.717, 1.165) is 37.4 Å². The number of aliphatic hydroxyl groups is 2. The fourth-order valence-corrected chi connectivity index (χ4v) is 6.46. The smallest absolute Gasteiger partial charge is 0.165 e. The minimum absolute atomic E-state index is 0.0865. The molecule has 3 aliphatic carbocycles. The molecule has 1 aromatic rings. The lowest BCUT2D eigenvalue weighted by Crippen LogP contribution is -2.77. The van der Waals surface area contributed by atoms with Gasteiger partial charge in [-0.15, -0.1) is 0 Å². The number of aliphatic hydroxyl groups excluding tert-OH is 1. The molecule has 1 spiro atoms. The normalized spacial score (nSPS) is 44.3. The van der Waals surface area contributed by atoms with E-state index in [9.17, 15) is 15.3 Å². The van der Waals surface area contributed by atoms with Crippen LogP contribution in [0.3, 0.4) is 0 Å².